The number of benzene rings is 1. The molecular weight excluding hydrogens is 256 g/mol. The molecule has 2 fully saturated rings. The van der Waals surface area contributed by atoms with E-state index in [9.17, 15) is 9.59 Å². The number of hydrogen-bond acceptors (Lipinski definition) is 4. The zero-order valence-corrected chi connectivity index (χ0v) is 11.5. The summed E-state index contributed by atoms with van der Waals surface area (Å²) in [4.78, 5) is 25.7. The number of Topliss-reactive ketones (excluding diaryl/α,β-unsaturated/α-hetero) is 2. The van der Waals surface area contributed by atoms with Crippen molar-refractivity contribution in [3.8, 4) is 5.75 Å². The predicted octanol–water partition coefficient (Wildman–Crippen LogP) is 2.26. The topological polar surface area (TPSA) is 52.6 Å². The van der Waals surface area contributed by atoms with Gasteiger partial charge in [0.1, 0.15) is 5.75 Å². The van der Waals surface area contributed by atoms with E-state index < -0.39 is 5.41 Å². The molecule has 1 unspecified atom stereocenters. The lowest BCUT2D eigenvalue weighted by atomic mass is 9.49. The first-order chi connectivity index (χ1) is 9.59. The molecule has 1 heterocycles. The highest BCUT2D eigenvalue weighted by atomic mass is 16.5. The molecule has 4 nitrogen and oxygen atoms in total. The summed E-state index contributed by atoms with van der Waals surface area (Å²) in [5.74, 6) is 0.391. The second-order valence-electron chi connectivity index (χ2n) is 6.04. The highest BCUT2D eigenvalue weighted by Gasteiger charge is 2.69. The fourth-order valence-electron chi connectivity index (χ4n) is 4.26. The molecule has 1 saturated carbocycles. The van der Waals surface area contributed by atoms with Crippen molar-refractivity contribution in [1.29, 1.82) is 0 Å². The lowest BCUT2D eigenvalue weighted by Gasteiger charge is -2.51. The second-order valence-corrected chi connectivity index (χ2v) is 6.04. The van der Waals surface area contributed by atoms with Gasteiger partial charge in [0.15, 0.2) is 11.6 Å². The van der Waals surface area contributed by atoms with Crippen LogP contribution in [0, 0.1) is 11.3 Å². The van der Waals surface area contributed by atoms with Gasteiger partial charge in [-0.25, -0.2) is 0 Å². The Morgan fingerprint density at radius 1 is 1.35 bits per heavy atom. The molecule has 1 saturated heterocycles. The van der Waals surface area contributed by atoms with Gasteiger partial charge in [0.2, 0.25) is 0 Å². The van der Waals surface area contributed by atoms with Crippen LogP contribution in [0.4, 0.5) is 0 Å². The number of ketones is 2. The number of ether oxygens (including phenoxy) is 2. The fourth-order valence-corrected chi connectivity index (χ4v) is 4.26. The van der Waals surface area contributed by atoms with Crippen LogP contribution in [0.3, 0.4) is 0 Å². The molecule has 2 aliphatic carbocycles. The van der Waals surface area contributed by atoms with Crippen LogP contribution in [0.15, 0.2) is 18.2 Å². The van der Waals surface area contributed by atoms with Crippen molar-refractivity contribution in [2.45, 2.75) is 32.0 Å². The molecule has 0 aromatic heterocycles. The van der Waals surface area contributed by atoms with Gasteiger partial charge in [0.25, 0.3) is 0 Å². The normalized spacial score (nSPS) is 37.8. The van der Waals surface area contributed by atoms with Gasteiger partial charge in [0, 0.05) is 11.5 Å². The molecule has 1 aliphatic heterocycles. The summed E-state index contributed by atoms with van der Waals surface area (Å²) in [5, 5.41) is 0. The molecular formula is C16H16O4. The molecule has 0 N–H and O–H groups in total. The van der Waals surface area contributed by atoms with Crippen molar-refractivity contribution in [1.82, 2.24) is 0 Å². The Morgan fingerprint density at radius 2 is 2.15 bits per heavy atom. The third kappa shape index (κ3) is 1.17. The SMILES string of the molecule is COc1cccc2c1C(=O)[C@@H]1C[C@H]3OC(C)C[C@]31C2=O. The minimum absolute atomic E-state index is 0.0472. The third-order valence-corrected chi connectivity index (χ3v) is 5.14. The molecule has 1 aromatic rings. The Balaban J connectivity index is 1.92. The molecule has 20 heavy (non-hydrogen) atoms. The maximum absolute atomic E-state index is 13.0. The standard InChI is InChI=1S/C16H16O4/c1-8-7-16-10(6-12(16)20-8)14(17)13-9(15(16)18)4-3-5-11(13)19-2/h3-5,8,10,12H,6-7H2,1-2H3/t8?,10-,12+,16+/m0/s1. The minimum atomic E-state index is -0.601. The lowest BCUT2D eigenvalue weighted by Crippen LogP contribution is -2.61. The van der Waals surface area contributed by atoms with E-state index >= 15 is 0 Å². The third-order valence-electron chi connectivity index (χ3n) is 5.14. The van der Waals surface area contributed by atoms with Crippen molar-refractivity contribution in [3.63, 3.8) is 0 Å². The Hall–Kier alpha value is -1.68. The van der Waals surface area contributed by atoms with E-state index in [2.05, 4.69) is 0 Å². The van der Waals surface area contributed by atoms with Crippen LogP contribution in [0.25, 0.3) is 0 Å². The number of rotatable bonds is 1. The summed E-state index contributed by atoms with van der Waals surface area (Å²) < 4.78 is 11.1. The lowest BCUT2D eigenvalue weighted by molar-refractivity contribution is -0.0654. The Kier molecular flexibility index (Phi) is 2.24. The van der Waals surface area contributed by atoms with Gasteiger partial charge in [-0.3, -0.25) is 9.59 Å². The van der Waals surface area contributed by atoms with E-state index in [1.165, 1.54) is 7.11 Å². The maximum Gasteiger partial charge on any atom is 0.173 e. The Bertz CT molecular complexity index is 635. The molecule has 0 bridgehead atoms. The number of carbonyl (C=O) groups excluding carboxylic acids is 2. The van der Waals surface area contributed by atoms with Crippen molar-refractivity contribution in [2.24, 2.45) is 11.3 Å². The van der Waals surface area contributed by atoms with Crippen LogP contribution in [0.2, 0.25) is 0 Å². The van der Waals surface area contributed by atoms with Crippen LogP contribution in [-0.4, -0.2) is 30.9 Å². The smallest absolute Gasteiger partial charge is 0.173 e. The summed E-state index contributed by atoms with van der Waals surface area (Å²) >= 11 is 0. The van der Waals surface area contributed by atoms with Crippen LogP contribution < -0.4 is 4.74 Å². The summed E-state index contributed by atoms with van der Waals surface area (Å²) in [6.45, 7) is 1.98. The number of methoxy groups -OCH3 is 1. The number of fused-ring (bicyclic) bond motifs is 1. The molecule has 0 amide bonds. The summed E-state index contributed by atoms with van der Waals surface area (Å²) in [6, 6.07) is 5.25. The van der Waals surface area contributed by atoms with E-state index in [1.807, 2.05) is 6.92 Å². The van der Waals surface area contributed by atoms with E-state index in [1.54, 1.807) is 18.2 Å². The molecule has 4 atom stereocenters. The van der Waals surface area contributed by atoms with Gasteiger partial charge in [0.05, 0.1) is 30.3 Å². The molecule has 1 spiro atoms. The predicted molar refractivity (Wildman–Crippen MR) is 71.1 cm³/mol. The Labute approximate surface area is 117 Å². The van der Waals surface area contributed by atoms with Gasteiger partial charge in [-0.2, -0.15) is 0 Å². The van der Waals surface area contributed by atoms with Crippen LogP contribution in [0.1, 0.15) is 40.5 Å². The first-order valence-corrected chi connectivity index (χ1v) is 7.01. The average Bonchev–Trinajstić information content (AvgIpc) is 2.68. The van der Waals surface area contributed by atoms with Crippen molar-refractivity contribution in [3.05, 3.63) is 29.3 Å². The summed E-state index contributed by atoms with van der Waals surface area (Å²) in [5.41, 5.74) is 0.372. The zero-order valence-electron chi connectivity index (χ0n) is 11.5. The van der Waals surface area contributed by atoms with Crippen molar-refractivity contribution < 1.29 is 19.1 Å². The van der Waals surface area contributed by atoms with Gasteiger partial charge in [-0.1, -0.05) is 12.1 Å². The quantitative estimate of drug-likeness (QED) is 0.787. The number of carbonyl (C=O) groups is 2. The van der Waals surface area contributed by atoms with Crippen LogP contribution in [-0.2, 0) is 4.74 Å². The molecule has 1 aromatic carbocycles. The van der Waals surface area contributed by atoms with Crippen molar-refractivity contribution >= 4 is 11.6 Å². The molecule has 4 rings (SSSR count). The molecule has 104 valence electrons. The molecule has 3 aliphatic rings. The fraction of sp³-hybridized carbons (Fsp3) is 0.500. The Morgan fingerprint density at radius 3 is 2.85 bits per heavy atom. The van der Waals surface area contributed by atoms with Gasteiger partial charge in [-0.15, -0.1) is 0 Å². The zero-order chi connectivity index (χ0) is 14.1. The van der Waals surface area contributed by atoms with Gasteiger partial charge >= 0.3 is 0 Å². The minimum Gasteiger partial charge on any atom is -0.496 e. The highest BCUT2D eigenvalue weighted by molar-refractivity contribution is 6.20. The largest absolute Gasteiger partial charge is 0.496 e. The summed E-state index contributed by atoms with van der Waals surface area (Å²) in [7, 11) is 1.53. The average molecular weight is 272 g/mol. The summed E-state index contributed by atoms with van der Waals surface area (Å²) in [6.07, 6.45) is 1.28. The van der Waals surface area contributed by atoms with Gasteiger partial charge < -0.3 is 9.47 Å². The molecule has 4 heteroatoms. The van der Waals surface area contributed by atoms with Gasteiger partial charge in [-0.05, 0) is 25.8 Å². The van der Waals surface area contributed by atoms with Crippen LogP contribution >= 0.6 is 0 Å². The van der Waals surface area contributed by atoms with E-state index in [-0.39, 0.29) is 29.7 Å². The van der Waals surface area contributed by atoms with E-state index in [4.69, 9.17) is 9.47 Å². The van der Waals surface area contributed by atoms with Crippen LogP contribution in [0.5, 0.6) is 5.75 Å². The second kappa shape index (κ2) is 3.70. The number of hydrogen-bond donors (Lipinski definition) is 0. The maximum atomic E-state index is 13.0. The first-order valence-electron chi connectivity index (χ1n) is 7.01. The van der Waals surface area contributed by atoms with Crippen molar-refractivity contribution in [2.75, 3.05) is 7.11 Å². The van der Waals surface area contributed by atoms with E-state index in [0.717, 1.165) is 0 Å². The highest BCUT2D eigenvalue weighted by Crippen LogP contribution is 2.62. The van der Waals surface area contributed by atoms with E-state index in [0.29, 0.717) is 29.7 Å². The first kappa shape index (κ1) is 12.1. The monoisotopic (exact) mass is 272 g/mol. The molecule has 0 radical (unpaired) electrons.